The summed E-state index contributed by atoms with van der Waals surface area (Å²) in [6.07, 6.45) is 1.69. The van der Waals surface area contributed by atoms with Gasteiger partial charge in [0.25, 0.3) is 0 Å². The summed E-state index contributed by atoms with van der Waals surface area (Å²) in [6.45, 7) is 4.01. The maximum atomic E-state index is 6.19. The number of ether oxygens (including phenoxy) is 2. The molecule has 0 fully saturated rings. The Kier molecular flexibility index (Phi) is 4.99. The van der Waals surface area contributed by atoms with Crippen molar-refractivity contribution in [1.82, 2.24) is 0 Å². The van der Waals surface area contributed by atoms with Crippen LogP contribution in [-0.4, -0.2) is 19.8 Å². The fourth-order valence-corrected chi connectivity index (χ4v) is 1.81. The van der Waals surface area contributed by atoms with Crippen molar-refractivity contribution in [2.24, 2.45) is 11.5 Å². The minimum atomic E-state index is -0.197. The van der Waals surface area contributed by atoms with Gasteiger partial charge in [0.05, 0.1) is 14.2 Å². The second-order valence-electron chi connectivity index (χ2n) is 5.24. The Morgan fingerprint density at radius 3 is 2.39 bits per heavy atom. The molecule has 1 rings (SSSR count). The average Bonchev–Trinajstić information content (AvgIpc) is 2.34. The van der Waals surface area contributed by atoms with Crippen LogP contribution < -0.4 is 20.9 Å². The first kappa shape index (κ1) is 14.8. The van der Waals surface area contributed by atoms with Gasteiger partial charge in [-0.25, -0.2) is 0 Å². The number of rotatable bonds is 6. The Balaban J connectivity index is 2.81. The highest BCUT2D eigenvalue weighted by Crippen LogP contribution is 2.31. The van der Waals surface area contributed by atoms with Gasteiger partial charge >= 0.3 is 0 Å². The molecule has 1 unspecified atom stereocenters. The van der Waals surface area contributed by atoms with Crippen LogP contribution in [0.2, 0.25) is 0 Å². The Hall–Kier alpha value is -1.26. The molecular weight excluding hydrogens is 228 g/mol. The lowest BCUT2D eigenvalue weighted by Crippen LogP contribution is -2.32. The number of hydrogen-bond acceptors (Lipinski definition) is 4. The van der Waals surface area contributed by atoms with Gasteiger partial charge in [0.2, 0.25) is 0 Å². The van der Waals surface area contributed by atoms with Gasteiger partial charge in [-0.3, -0.25) is 0 Å². The second-order valence-corrected chi connectivity index (χ2v) is 5.24. The van der Waals surface area contributed by atoms with Crippen LogP contribution in [0.25, 0.3) is 0 Å². The summed E-state index contributed by atoms with van der Waals surface area (Å²) in [5.41, 5.74) is 13.0. The molecule has 0 bridgehead atoms. The van der Waals surface area contributed by atoms with E-state index in [4.69, 9.17) is 20.9 Å². The highest BCUT2D eigenvalue weighted by Gasteiger charge is 2.17. The first-order chi connectivity index (χ1) is 8.37. The van der Waals surface area contributed by atoms with Gasteiger partial charge in [0.15, 0.2) is 0 Å². The van der Waals surface area contributed by atoms with Gasteiger partial charge in [0, 0.05) is 23.2 Å². The van der Waals surface area contributed by atoms with Crippen LogP contribution in [0.4, 0.5) is 0 Å². The van der Waals surface area contributed by atoms with Crippen molar-refractivity contribution in [3.63, 3.8) is 0 Å². The standard InChI is InChI=1S/C14H24N2O2/c1-14(2,16)8-7-12(15)11-6-5-10(17-3)9-13(11)18-4/h5-6,9,12H,7-8,15-16H2,1-4H3. The van der Waals surface area contributed by atoms with Crippen molar-refractivity contribution in [3.8, 4) is 11.5 Å². The van der Waals surface area contributed by atoms with E-state index in [9.17, 15) is 0 Å². The molecule has 0 radical (unpaired) electrons. The lowest BCUT2D eigenvalue weighted by atomic mass is 9.93. The molecule has 0 aliphatic carbocycles. The van der Waals surface area contributed by atoms with Crippen molar-refractivity contribution in [2.75, 3.05) is 14.2 Å². The third-order valence-electron chi connectivity index (χ3n) is 2.94. The molecule has 0 aliphatic rings. The van der Waals surface area contributed by atoms with Crippen LogP contribution in [0.1, 0.15) is 38.3 Å². The lowest BCUT2D eigenvalue weighted by Gasteiger charge is -2.22. The molecule has 0 heterocycles. The summed E-state index contributed by atoms with van der Waals surface area (Å²) >= 11 is 0. The van der Waals surface area contributed by atoms with E-state index in [-0.39, 0.29) is 11.6 Å². The van der Waals surface area contributed by atoms with Gasteiger partial charge < -0.3 is 20.9 Å². The van der Waals surface area contributed by atoms with Crippen molar-refractivity contribution in [2.45, 2.75) is 38.3 Å². The van der Waals surface area contributed by atoms with E-state index < -0.39 is 0 Å². The molecule has 4 nitrogen and oxygen atoms in total. The molecule has 0 aromatic heterocycles. The maximum Gasteiger partial charge on any atom is 0.127 e. The molecule has 4 heteroatoms. The monoisotopic (exact) mass is 252 g/mol. The molecule has 0 saturated carbocycles. The molecule has 1 aromatic rings. The molecule has 0 amide bonds. The van der Waals surface area contributed by atoms with Gasteiger partial charge in [-0.15, -0.1) is 0 Å². The Morgan fingerprint density at radius 2 is 1.89 bits per heavy atom. The molecule has 1 atom stereocenters. The number of benzene rings is 1. The summed E-state index contributed by atoms with van der Waals surface area (Å²) in [5, 5.41) is 0. The predicted octanol–water partition coefficient (Wildman–Crippen LogP) is 2.22. The normalized spacial score (nSPS) is 13.2. The van der Waals surface area contributed by atoms with Crippen LogP contribution in [0.5, 0.6) is 11.5 Å². The van der Waals surface area contributed by atoms with Gasteiger partial charge in [-0.1, -0.05) is 6.07 Å². The van der Waals surface area contributed by atoms with Gasteiger partial charge in [-0.2, -0.15) is 0 Å². The topological polar surface area (TPSA) is 70.5 Å². The van der Waals surface area contributed by atoms with Gasteiger partial charge in [0.1, 0.15) is 11.5 Å². The van der Waals surface area contributed by atoms with Crippen LogP contribution in [0, 0.1) is 0 Å². The first-order valence-corrected chi connectivity index (χ1v) is 6.14. The SMILES string of the molecule is COc1ccc(C(N)CCC(C)(C)N)c(OC)c1. The third kappa shape index (κ3) is 4.20. The average molecular weight is 252 g/mol. The molecule has 0 spiro atoms. The van der Waals surface area contributed by atoms with E-state index in [0.29, 0.717) is 0 Å². The molecule has 0 aliphatic heterocycles. The highest BCUT2D eigenvalue weighted by molar-refractivity contribution is 5.42. The van der Waals surface area contributed by atoms with Crippen molar-refractivity contribution in [3.05, 3.63) is 23.8 Å². The largest absolute Gasteiger partial charge is 0.497 e. The third-order valence-corrected chi connectivity index (χ3v) is 2.94. The van der Waals surface area contributed by atoms with Crippen LogP contribution in [0.3, 0.4) is 0 Å². The number of hydrogen-bond donors (Lipinski definition) is 2. The van der Waals surface area contributed by atoms with Crippen LogP contribution >= 0.6 is 0 Å². The van der Waals surface area contributed by atoms with E-state index in [1.165, 1.54) is 0 Å². The van der Waals surface area contributed by atoms with Crippen molar-refractivity contribution in [1.29, 1.82) is 0 Å². The summed E-state index contributed by atoms with van der Waals surface area (Å²) in [4.78, 5) is 0. The van der Waals surface area contributed by atoms with Crippen molar-refractivity contribution < 1.29 is 9.47 Å². The van der Waals surface area contributed by atoms with Crippen molar-refractivity contribution >= 4 is 0 Å². The molecule has 102 valence electrons. The van der Waals surface area contributed by atoms with E-state index >= 15 is 0 Å². The van der Waals surface area contributed by atoms with E-state index in [1.54, 1.807) is 14.2 Å². The summed E-state index contributed by atoms with van der Waals surface area (Å²) < 4.78 is 10.5. The summed E-state index contributed by atoms with van der Waals surface area (Å²) in [6, 6.07) is 5.62. The molecule has 18 heavy (non-hydrogen) atoms. The highest BCUT2D eigenvalue weighted by atomic mass is 16.5. The van der Waals surface area contributed by atoms with E-state index in [2.05, 4.69) is 0 Å². The molecule has 4 N–H and O–H groups in total. The van der Waals surface area contributed by atoms with Gasteiger partial charge in [-0.05, 0) is 32.8 Å². The fraction of sp³-hybridized carbons (Fsp3) is 0.571. The minimum absolute atomic E-state index is 0.0753. The zero-order valence-corrected chi connectivity index (χ0v) is 11.7. The smallest absolute Gasteiger partial charge is 0.127 e. The Bertz CT molecular complexity index is 386. The zero-order chi connectivity index (χ0) is 13.8. The Labute approximate surface area is 109 Å². The van der Waals surface area contributed by atoms with Crippen LogP contribution in [-0.2, 0) is 0 Å². The number of nitrogens with two attached hydrogens (primary N) is 2. The molecule has 0 saturated heterocycles. The quantitative estimate of drug-likeness (QED) is 0.814. The summed E-state index contributed by atoms with van der Waals surface area (Å²) in [5.74, 6) is 1.53. The zero-order valence-electron chi connectivity index (χ0n) is 11.7. The fourth-order valence-electron chi connectivity index (χ4n) is 1.81. The summed E-state index contributed by atoms with van der Waals surface area (Å²) in [7, 11) is 3.27. The number of methoxy groups -OCH3 is 2. The van der Waals surface area contributed by atoms with E-state index in [0.717, 1.165) is 29.9 Å². The van der Waals surface area contributed by atoms with Crippen LogP contribution in [0.15, 0.2) is 18.2 Å². The predicted molar refractivity (Wildman–Crippen MR) is 74.0 cm³/mol. The lowest BCUT2D eigenvalue weighted by molar-refractivity contribution is 0.382. The molecule has 1 aromatic carbocycles. The maximum absolute atomic E-state index is 6.19. The van der Waals surface area contributed by atoms with E-state index in [1.807, 2.05) is 32.0 Å². The minimum Gasteiger partial charge on any atom is -0.497 e. The first-order valence-electron chi connectivity index (χ1n) is 6.14. The Morgan fingerprint density at radius 1 is 1.22 bits per heavy atom. The molecular formula is C14H24N2O2. The second kappa shape index (κ2) is 6.07.